The lowest BCUT2D eigenvalue weighted by molar-refractivity contribution is 1.08. The number of aryl methyl sites for hydroxylation is 1. The van der Waals surface area contributed by atoms with Crippen LogP contribution in [0.1, 0.15) is 5.69 Å². The first-order valence-corrected chi connectivity index (χ1v) is 6.91. The second-order valence-corrected chi connectivity index (χ2v) is 5.26. The molecule has 0 radical (unpaired) electrons. The Morgan fingerprint density at radius 1 is 1.26 bits per heavy atom. The number of imidazole rings is 1. The summed E-state index contributed by atoms with van der Waals surface area (Å²) in [6.45, 7) is 2.00. The molecule has 2 aromatic heterocycles. The molecule has 0 unspecified atom stereocenters. The van der Waals surface area contributed by atoms with Crippen molar-refractivity contribution in [1.82, 2.24) is 14.4 Å². The summed E-state index contributed by atoms with van der Waals surface area (Å²) in [5.41, 5.74) is 1.88. The van der Waals surface area contributed by atoms with Gasteiger partial charge in [-0.05, 0) is 31.0 Å². The Morgan fingerprint density at radius 3 is 2.95 bits per heavy atom. The van der Waals surface area contributed by atoms with Gasteiger partial charge in [-0.2, -0.15) is 0 Å². The molecular formula is C13H11ClN4S. The van der Waals surface area contributed by atoms with Crippen molar-refractivity contribution in [3.63, 3.8) is 0 Å². The van der Waals surface area contributed by atoms with Gasteiger partial charge in [-0.25, -0.2) is 9.97 Å². The van der Waals surface area contributed by atoms with Crippen molar-refractivity contribution in [1.29, 1.82) is 0 Å². The first kappa shape index (κ1) is 12.3. The van der Waals surface area contributed by atoms with Crippen LogP contribution < -0.4 is 4.72 Å². The molecule has 4 nitrogen and oxygen atoms in total. The lowest BCUT2D eigenvalue weighted by atomic mass is 10.4. The fourth-order valence-electron chi connectivity index (χ4n) is 1.74. The minimum atomic E-state index is 0.714. The summed E-state index contributed by atoms with van der Waals surface area (Å²) in [6.07, 6.45) is 5.46. The molecule has 6 heteroatoms. The highest BCUT2D eigenvalue weighted by atomic mass is 35.5. The van der Waals surface area contributed by atoms with E-state index in [0.717, 1.165) is 22.1 Å². The Kier molecular flexibility index (Phi) is 3.31. The lowest BCUT2D eigenvalue weighted by Gasteiger charge is -2.07. The van der Waals surface area contributed by atoms with Crippen LogP contribution in [0.25, 0.3) is 5.65 Å². The Hall–Kier alpha value is -1.72. The van der Waals surface area contributed by atoms with E-state index in [1.54, 1.807) is 6.20 Å². The summed E-state index contributed by atoms with van der Waals surface area (Å²) in [6, 6.07) is 7.67. The van der Waals surface area contributed by atoms with E-state index in [2.05, 4.69) is 14.7 Å². The summed E-state index contributed by atoms with van der Waals surface area (Å²) in [5, 5.41) is 0.714. The van der Waals surface area contributed by atoms with E-state index < -0.39 is 0 Å². The van der Waals surface area contributed by atoms with Crippen molar-refractivity contribution in [2.24, 2.45) is 0 Å². The maximum Gasteiger partial charge on any atom is 0.181 e. The van der Waals surface area contributed by atoms with Crippen molar-refractivity contribution in [2.45, 2.75) is 11.8 Å². The van der Waals surface area contributed by atoms with Crippen molar-refractivity contribution in [2.75, 3.05) is 4.72 Å². The average molecular weight is 291 g/mol. The van der Waals surface area contributed by atoms with Crippen LogP contribution in [0.5, 0.6) is 0 Å². The monoisotopic (exact) mass is 290 g/mol. The quantitative estimate of drug-likeness (QED) is 0.745. The van der Waals surface area contributed by atoms with Crippen molar-refractivity contribution < 1.29 is 0 Å². The van der Waals surface area contributed by atoms with Gasteiger partial charge in [0.2, 0.25) is 0 Å². The summed E-state index contributed by atoms with van der Waals surface area (Å²) >= 11 is 7.54. The number of hydrogen-bond acceptors (Lipinski definition) is 4. The van der Waals surface area contributed by atoms with Gasteiger partial charge in [0.1, 0.15) is 0 Å². The summed E-state index contributed by atoms with van der Waals surface area (Å²) < 4.78 is 5.18. The highest BCUT2D eigenvalue weighted by molar-refractivity contribution is 8.00. The third kappa shape index (κ3) is 2.39. The summed E-state index contributed by atoms with van der Waals surface area (Å²) in [5.74, 6) is 0.723. The fraction of sp³-hybridized carbons (Fsp3) is 0.0769. The second-order valence-electron chi connectivity index (χ2n) is 4.00. The Morgan fingerprint density at radius 2 is 2.11 bits per heavy atom. The second kappa shape index (κ2) is 5.11. The number of aromatic nitrogens is 3. The molecule has 0 spiro atoms. The number of benzene rings is 1. The zero-order valence-corrected chi connectivity index (χ0v) is 11.7. The molecular weight excluding hydrogens is 280 g/mol. The molecule has 0 fully saturated rings. The van der Waals surface area contributed by atoms with E-state index >= 15 is 0 Å². The smallest absolute Gasteiger partial charge is 0.181 e. The Labute approximate surface area is 120 Å². The molecule has 0 atom stereocenters. The van der Waals surface area contributed by atoms with E-state index in [1.165, 1.54) is 11.9 Å². The van der Waals surface area contributed by atoms with Crippen LogP contribution in [-0.4, -0.2) is 14.4 Å². The van der Waals surface area contributed by atoms with Crippen LogP contribution in [0.4, 0.5) is 5.82 Å². The van der Waals surface area contributed by atoms with Crippen LogP contribution in [-0.2, 0) is 0 Å². The largest absolute Gasteiger partial charge is 0.307 e. The summed E-state index contributed by atoms with van der Waals surface area (Å²) in [4.78, 5) is 9.61. The molecule has 1 N–H and O–H groups in total. The highest BCUT2D eigenvalue weighted by Gasteiger charge is 2.07. The molecule has 0 saturated carbocycles. The Balaban J connectivity index is 1.88. The van der Waals surface area contributed by atoms with Crippen LogP contribution in [0.15, 0.2) is 47.8 Å². The van der Waals surface area contributed by atoms with Crippen LogP contribution >= 0.6 is 23.5 Å². The van der Waals surface area contributed by atoms with Gasteiger partial charge in [-0.1, -0.05) is 23.7 Å². The molecule has 1 aromatic carbocycles. The van der Waals surface area contributed by atoms with Crippen LogP contribution in [0, 0.1) is 6.92 Å². The number of halogens is 1. The summed E-state index contributed by atoms with van der Waals surface area (Å²) in [7, 11) is 0. The topological polar surface area (TPSA) is 42.2 Å². The SMILES string of the molecule is Cc1cnc2c(NSc3ccccc3Cl)nccn12. The standard InChI is InChI=1S/C13H11ClN4S/c1-9-8-16-13-12(15-6-7-18(9)13)17-19-11-5-3-2-4-10(11)14/h2-8H,1H3,(H,15,17). The number of rotatable bonds is 3. The molecule has 3 aromatic rings. The minimum Gasteiger partial charge on any atom is -0.307 e. The predicted molar refractivity (Wildman–Crippen MR) is 78.7 cm³/mol. The average Bonchev–Trinajstić information content (AvgIpc) is 2.81. The number of hydrogen-bond donors (Lipinski definition) is 1. The predicted octanol–water partition coefficient (Wildman–Crippen LogP) is 3.81. The molecule has 0 aliphatic rings. The molecule has 0 bridgehead atoms. The van der Waals surface area contributed by atoms with Gasteiger partial charge < -0.3 is 4.72 Å². The van der Waals surface area contributed by atoms with Crippen molar-refractivity contribution in [3.8, 4) is 0 Å². The Bertz CT molecular complexity index is 725. The van der Waals surface area contributed by atoms with Crippen LogP contribution in [0.3, 0.4) is 0 Å². The van der Waals surface area contributed by atoms with E-state index in [9.17, 15) is 0 Å². The minimum absolute atomic E-state index is 0.714. The van der Waals surface area contributed by atoms with Gasteiger partial charge in [0, 0.05) is 29.2 Å². The number of nitrogens with one attached hydrogen (secondary N) is 1. The molecule has 3 rings (SSSR count). The van der Waals surface area contributed by atoms with Crippen molar-refractivity contribution in [3.05, 3.63) is 53.6 Å². The fourth-order valence-corrected chi connectivity index (χ4v) is 2.66. The van der Waals surface area contributed by atoms with E-state index in [4.69, 9.17) is 11.6 Å². The molecule has 0 aliphatic carbocycles. The van der Waals surface area contributed by atoms with E-state index in [-0.39, 0.29) is 0 Å². The molecule has 0 aliphatic heterocycles. The zero-order chi connectivity index (χ0) is 13.2. The first-order valence-electron chi connectivity index (χ1n) is 5.72. The maximum atomic E-state index is 6.11. The first-order chi connectivity index (χ1) is 9.25. The van der Waals surface area contributed by atoms with E-state index in [1.807, 2.05) is 48.0 Å². The molecule has 96 valence electrons. The number of nitrogens with zero attached hydrogens (tertiary/aromatic N) is 3. The third-order valence-corrected chi connectivity index (χ3v) is 4.02. The molecule has 0 amide bonds. The molecule has 19 heavy (non-hydrogen) atoms. The normalized spacial score (nSPS) is 10.8. The van der Waals surface area contributed by atoms with Crippen molar-refractivity contribution >= 4 is 35.0 Å². The van der Waals surface area contributed by atoms with Gasteiger partial charge in [-0.15, -0.1) is 0 Å². The van der Waals surface area contributed by atoms with Gasteiger partial charge in [-0.3, -0.25) is 4.40 Å². The molecule has 0 saturated heterocycles. The van der Waals surface area contributed by atoms with Gasteiger partial charge in [0.25, 0.3) is 0 Å². The van der Waals surface area contributed by atoms with Gasteiger partial charge in [0.05, 0.1) is 5.02 Å². The highest BCUT2D eigenvalue weighted by Crippen LogP contribution is 2.28. The zero-order valence-electron chi connectivity index (χ0n) is 10.2. The van der Waals surface area contributed by atoms with Crippen LogP contribution in [0.2, 0.25) is 5.02 Å². The number of fused-ring (bicyclic) bond motifs is 1. The lowest BCUT2D eigenvalue weighted by Crippen LogP contribution is -1.96. The van der Waals surface area contributed by atoms with Gasteiger partial charge >= 0.3 is 0 Å². The number of anilines is 1. The molecule has 2 heterocycles. The maximum absolute atomic E-state index is 6.11. The van der Waals surface area contributed by atoms with Gasteiger partial charge in [0.15, 0.2) is 11.5 Å². The third-order valence-electron chi connectivity index (χ3n) is 2.71. The van der Waals surface area contributed by atoms with E-state index in [0.29, 0.717) is 5.02 Å².